The number of hydrogen-bond donors (Lipinski definition) is 1. The molecule has 1 aliphatic rings. The molecule has 0 aromatic rings. The van der Waals surface area contributed by atoms with Crippen LogP contribution < -0.4 is 0 Å². The molecule has 2 nitrogen and oxygen atoms in total. The van der Waals surface area contributed by atoms with Crippen LogP contribution in [0.25, 0.3) is 0 Å². The summed E-state index contributed by atoms with van der Waals surface area (Å²) in [5.41, 5.74) is 0. The topological polar surface area (TPSA) is 6.48 Å². The van der Waals surface area contributed by atoms with Crippen LogP contribution in [0, 0.1) is 0 Å². The molecule has 3 heteroatoms. The SMILES string of the molecule is CC(C)N1CCN([C@H](C)S)CC1. The lowest BCUT2D eigenvalue weighted by Gasteiger charge is -2.38. The first-order valence-electron chi connectivity index (χ1n) is 4.77. The van der Waals surface area contributed by atoms with Gasteiger partial charge in [-0.05, 0) is 20.8 Å². The van der Waals surface area contributed by atoms with Crippen molar-refractivity contribution in [2.45, 2.75) is 32.2 Å². The Balaban J connectivity index is 2.30. The van der Waals surface area contributed by atoms with Gasteiger partial charge in [0.05, 0.1) is 0 Å². The van der Waals surface area contributed by atoms with Gasteiger partial charge in [-0.3, -0.25) is 9.80 Å². The molecule has 1 aliphatic heterocycles. The van der Waals surface area contributed by atoms with E-state index < -0.39 is 0 Å². The monoisotopic (exact) mass is 188 g/mol. The molecule has 0 spiro atoms. The zero-order valence-corrected chi connectivity index (χ0v) is 9.22. The molecule has 72 valence electrons. The van der Waals surface area contributed by atoms with E-state index in [0.29, 0.717) is 11.4 Å². The maximum absolute atomic E-state index is 4.43. The van der Waals surface area contributed by atoms with Gasteiger partial charge >= 0.3 is 0 Å². The number of thiol groups is 1. The van der Waals surface area contributed by atoms with Crippen molar-refractivity contribution < 1.29 is 0 Å². The molecule has 1 rings (SSSR count). The Bertz CT molecular complexity index is 112. The van der Waals surface area contributed by atoms with Crippen LogP contribution in [-0.4, -0.2) is 47.4 Å². The first kappa shape index (κ1) is 10.4. The van der Waals surface area contributed by atoms with Gasteiger partial charge in [-0.2, -0.15) is 12.6 Å². The van der Waals surface area contributed by atoms with E-state index >= 15 is 0 Å². The van der Waals surface area contributed by atoms with E-state index in [1.54, 1.807) is 0 Å². The first-order chi connectivity index (χ1) is 5.61. The number of piperazine rings is 1. The number of hydrogen-bond acceptors (Lipinski definition) is 3. The van der Waals surface area contributed by atoms with E-state index in [4.69, 9.17) is 0 Å². The van der Waals surface area contributed by atoms with Crippen LogP contribution in [0.15, 0.2) is 0 Å². The highest BCUT2D eigenvalue weighted by atomic mass is 32.1. The van der Waals surface area contributed by atoms with Crippen LogP contribution in [0.3, 0.4) is 0 Å². The lowest BCUT2D eigenvalue weighted by atomic mass is 10.2. The molecular weight excluding hydrogens is 168 g/mol. The summed E-state index contributed by atoms with van der Waals surface area (Å²) in [6, 6.07) is 0.697. The molecule has 12 heavy (non-hydrogen) atoms. The minimum atomic E-state index is 0.416. The molecule has 1 atom stereocenters. The highest BCUT2D eigenvalue weighted by Crippen LogP contribution is 2.10. The molecule has 0 bridgehead atoms. The van der Waals surface area contributed by atoms with Gasteiger partial charge in [0.2, 0.25) is 0 Å². The molecule has 0 N–H and O–H groups in total. The highest BCUT2D eigenvalue weighted by Gasteiger charge is 2.20. The van der Waals surface area contributed by atoms with Gasteiger partial charge < -0.3 is 0 Å². The summed E-state index contributed by atoms with van der Waals surface area (Å²) in [6.07, 6.45) is 0. The molecular formula is C9H20N2S. The third-order valence-corrected chi connectivity index (χ3v) is 2.93. The molecule has 0 radical (unpaired) electrons. The lowest BCUT2D eigenvalue weighted by Crippen LogP contribution is -2.50. The van der Waals surface area contributed by atoms with Crippen molar-refractivity contribution >= 4 is 12.6 Å². The molecule has 0 aromatic heterocycles. The van der Waals surface area contributed by atoms with Gasteiger partial charge in [0.1, 0.15) is 0 Å². The van der Waals surface area contributed by atoms with Gasteiger partial charge in [-0.15, -0.1) is 0 Å². The van der Waals surface area contributed by atoms with Gasteiger partial charge in [0.25, 0.3) is 0 Å². The fourth-order valence-electron chi connectivity index (χ4n) is 1.63. The van der Waals surface area contributed by atoms with Crippen molar-refractivity contribution in [2.75, 3.05) is 26.2 Å². The van der Waals surface area contributed by atoms with E-state index in [9.17, 15) is 0 Å². The minimum Gasteiger partial charge on any atom is -0.298 e. The van der Waals surface area contributed by atoms with Crippen molar-refractivity contribution in [3.63, 3.8) is 0 Å². The van der Waals surface area contributed by atoms with Gasteiger partial charge in [0, 0.05) is 37.6 Å². The second-order valence-corrected chi connectivity index (χ2v) is 4.54. The lowest BCUT2D eigenvalue weighted by molar-refractivity contribution is 0.105. The van der Waals surface area contributed by atoms with Gasteiger partial charge in [-0.1, -0.05) is 0 Å². The molecule has 0 unspecified atom stereocenters. The Hall–Kier alpha value is 0.270. The largest absolute Gasteiger partial charge is 0.298 e. The second kappa shape index (κ2) is 4.49. The van der Waals surface area contributed by atoms with E-state index in [1.165, 1.54) is 26.2 Å². The zero-order valence-electron chi connectivity index (χ0n) is 8.32. The highest BCUT2D eigenvalue weighted by molar-refractivity contribution is 7.80. The van der Waals surface area contributed by atoms with Gasteiger partial charge in [-0.25, -0.2) is 0 Å². The molecule has 0 amide bonds. The summed E-state index contributed by atoms with van der Waals surface area (Å²) in [7, 11) is 0. The summed E-state index contributed by atoms with van der Waals surface area (Å²) in [5.74, 6) is 0. The van der Waals surface area contributed by atoms with E-state index in [-0.39, 0.29) is 0 Å². The second-order valence-electron chi connectivity index (χ2n) is 3.80. The standard InChI is InChI=1S/C9H20N2S/c1-8(2)10-4-6-11(7-5-10)9(3)12/h8-9,12H,4-7H2,1-3H3/t9-/m0/s1. The summed E-state index contributed by atoms with van der Waals surface area (Å²) >= 11 is 4.43. The van der Waals surface area contributed by atoms with Crippen LogP contribution >= 0.6 is 12.6 Å². The van der Waals surface area contributed by atoms with Crippen molar-refractivity contribution in [1.82, 2.24) is 9.80 Å². The molecule has 1 saturated heterocycles. The minimum absolute atomic E-state index is 0.416. The average Bonchev–Trinajstić information content (AvgIpc) is 2.04. The number of nitrogens with zero attached hydrogens (tertiary/aromatic N) is 2. The summed E-state index contributed by atoms with van der Waals surface area (Å²) in [6.45, 7) is 11.4. The predicted octanol–water partition coefficient (Wildman–Crippen LogP) is 1.29. The van der Waals surface area contributed by atoms with Crippen molar-refractivity contribution in [3.8, 4) is 0 Å². The summed E-state index contributed by atoms with van der Waals surface area (Å²) in [5, 5.41) is 0.416. The normalized spacial score (nSPS) is 24.8. The first-order valence-corrected chi connectivity index (χ1v) is 5.29. The van der Waals surface area contributed by atoms with Crippen LogP contribution in [0.4, 0.5) is 0 Å². The van der Waals surface area contributed by atoms with Crippen molar-refractivity contribution in [2.24, 2.45) is 0 Å². The zero-order chi connectivity index (χ0) is 9.14. The average molecular weight is 188 g/mol. The molecule has 1 fully saturated rings. The van der Waals surface area contributed by atoms with Crippen molar-refractivity contribution in [3.05, 3.63) is 0 Å². The van der Waals surface area contributed by atoms with Crippen LogP contribution in [0.2, 0.25) is 0 Å². The quantitative estimate of drug-likeness (QED) is 0.652. The smallest absolute Gasteiger partial charge is 0.0500 e. The molecule has 1 heterocycles. The fraction of sp³-hybridized carbons (Fsp3) is 1.00. The van der Waals surface area contributed by atoms with Crippen molar-refractivity contribution in [1.29, 1.82) is 0 Å². The van der Waals surface area contributed by atoms with E-state index in [1.807, 2.05) is 0 Å². The Morgan fingerprint density at radius 2 is 1.33 bits per heavy atom. The summed E-state index contributed by atoms with van der Waals surface area (Å²) in [4.78, 5) is 4.94. The number of rotatable bonds is 2. The maximum Gasteiger partial charge on any atom is 0.0500 e. The summed E-state index contributed by atoms with van der Waals surface area (Å²) < 4.78 is 0. The predicted molar refractivity (Wildman–Crippen MR) is 56.7 cm³/mol. The van der Waals surface area contributed by atoms with Crippen LogP contribution in [0.5, 0.6) is 0 Å². The molecule has 0 aliphatic carbocycles. The maximum atomic E-state index is 4.43. The Labute approximate surface area is 81.3 Å². The Morgan fingerprint density at radius 1 is 0.917 bits per heavy atom. The van der Waals surface area contributed by atoms with Crippen LogP contribution in [0.1, 0.15) is 20.8 Å². The third-order valence-electron chi connectivity index (χ3n) is 2.61. The third kappa shape index (κ3) is 2.64. The molecule has 0 aromatic carbocycles. The Morgan fingerprint density at radius 3 is 1.67 bits per heavy atom. The Kier molecular flexibility index (Phi) is 3.87. The van der Waals surface area contributed by atoms with Gasteiger partial charge in [0.15, 0.2) is 0 Å². The van der Waals surface area contributed by atoms with Crippen LogP contribution in [-0.2, 0) is 0 Å². The van der Waals surface area contributed by atoms with E-state index in [2.05, 4.69) is 43.2 Å². The van der Waals surface area contributed by atoms with E-state index in [0.717, 1.165) is 0 Å². The molecule has 0 saturated carbocycles. The fourth-order valence-corrected chi connectivity index (χ4v) is 1.86.